The van der Waals surface area contributed by atoms with Gasteiger partial charge in [0, 0.05) is 29.6 Å². The fourth-order valence-electron chi connectivity index (χ4n) is 5.69. The number of ketones is 1. The van der Waals surface area contributed by atoms with Gasteiger partial charge in [-0.2, -0.15) is 0 Å². The van der Waals surface area contributed by atoms with E-state index >= 15 is 0 Å². The Balaban J connectivity index is 0.985. The van der Waals surface area contributed by atoms with E-state index in [1.54, 1.807) is 54.6 Å². The van der Waals surface area contributed by atoms with Gasteiger partial charge in [0.05, 0.1) is 11.5 Å². The van der Waals surface area contributed by atoms with Crippen molar-refractivity contribution >= 4 is 29.3 Å². The van der Waals surface area contributed by atoms with Crippen LogP contribution >= 0.6 is 0 Å². The summed E-state index contributed by atoms with van der Waals surface area (Å²) in [7, 11) is 0. The molecule has 0 radical (unpaired) electrons. The van der Waals surface area contributed by atoms with Crippen LogP contribution < -0.4 is 14.4 Å². The number of nitrogens with zero attached hydrogens (tertiary/aromatic N) is 1. The largest absolute Gasteiger partial charge is 0.457 e. The van der Waals surface area contributed by atoms with Crippen LogP contribution in [0.5, 0.6) is 17.2 Å². The van der Waals surface area contributed by atoms with Crippen LogP contribution in [-0.4, -0.2) is 36.8 Å². The van der Waals surface area contributed by atoms with Crippen molar-refractivity contribution in [3.05, 3.63) is 156 Å². The summed E-state index contributed by atoms with van der Waals surface area (Å²) in [5.41, 5.74) is 3.59. The third kappa shape index (κ3) is 7.76. The Morgan fingerprint density at radius 2 is 1.22 bits per heavy atom. The van der Waals surface area contributed by atoms with E-state index in [4.69, 9.17) is 14.2 Å². The van der Waals surface area contributed by atoms with Crippen LogP contribution in [0, 0.1) is 5.92 Å². The summed E-state index contributed by atoms with van der Waals surface area (Å²) in [5.74, 6) is -0.864. The number of hydrogen-bond donors (Lipinski definition) is 0. The van der Waals surface area contributed by atoms with Crippen LogP contribution in [-0.2, 0) is 19.7 Å². The first kappa shape index (κ1) is 32.9. The minimum atomic E-state index is -0.699. The molecule has 1 saturated heterocycles. The van der Waals surface area contributed by atoms with Gasteiger partial charge >= 0.3 is 11.9 Å². The van der Waals surface area contributed by atoms with Crippen LogP contribution in [0.1, 0.15) is 52.1 Å². The van der Waals surface area contributed by atoms with Gasteiger partial charge in [-0.3, -0.25) is 14.4 Å². The predicted molar refractivity (Wildman–Crippen MR) is 185 cm³/mol. The maximum atomic E-state index is 12.8. The second-order valence-corrected chi connectivity index (χ2v) is 12.3. The maximum absolute atomic E-state index is 12.8. The molecular formula is C41H35NO7. The monoisotopic (exact) mass is 653 g/mol. The van der Waals surface area contributed by atoms with Crippen LogP contribution in [0.3, 0.4) is 0 Å². The lowest BCUT2D eigenvalue weighted by Crippen LogP contribution is -2.27. The Hall–Kier alpha value is -6.02. The van der Waals surface area contributed by atoms with Gasteiger partial charge in [-0.1, -0.05) is 74.5 Å². The second-order valence-electron chi connectivity index (χ2n) is 12.3. The Labute approximate surface area is 284 Å². The summed E-state index contributed by atoms with van der Waals surface area (Å²) in [6.07, 6.45) is -0.0154. The molecule has 1 amide bonds. The SMILES string of the molecule is CC(C)(c1ccccc1)c1ccc(Oc2ccc(N3C[C@H](C(=O)OCC(=O)c4ccc(OC(=O)c5ccccc5)cc4)CC3=O)cc2)cc1. The van der Waals surface area contributed by atoms with Gasteiger partial charge in [0.25, 0.3) is 0 Å². The summed E-state index contributed by atoms with van der Waals surface area (Å²) >= 11 is 0. The first-order chi connectivity index (χ1) is 23.7. The van der Waals surface area contributed by atoms with E-state index in [0.717, 1.165) is 0 Å². The zero-order valence-electron chi connectivity index (χ0n) is 27.2. The number of benzene rings is 5. The molecule has 1 fully saturated rings. The molecule has 8 nitrogen and oxygen atoms in total. The van der Waals surface area contributed by atoms with Gasteiger partial charge in [0.2, 0.25) is 5.91 Å². The van der Waals surface area contributed by atoms with Crippen molar-refractivity contribution in [1.82, 2.24) is 0 Å². The average molecular weight is 654 g/mol. The highest BCUT2D eigenvalue weighted by Crippen LogP contribution is 2.34. The van der Waals surface area contributed by atoms with Gasteiger partial charge in [-0.25, -0.2) is 4.79 Å². The number of esters is 2. The number of carbonyl (C=O) groups is 4. The van der Waals surface area contributed by atoms with E-state index < -0.39 is 30.2 Å². The molecule has 246 valence electrons. The second kappa shape index (κ2) is 14.4. The zero-order chi connectivity index (χ0) is 34.4. The third-order valence-corrected chi connectivity index (χ3v) is 8.66. The molecule has 0 spiro atoms. The highest BCUT2D eigenvalue weighted by molar-refractivity contribution is 6.01. The molecule has 0 saturated carbocycles. The van der Waals surface area contributed by atoms with E-state index in [2.05, 4.69) is 38.1 Å². The van der Waals surface area contributed by atoms with Crippen molar-refractivity contribution in [3.8, 4) is 17.2 Å². The molecule has 1 heterocycles. The van der Waals surface area contributed by atoms with Gasteiger partial charge < -0.3 is 19.1 Å². The van der Waals surface area contributed by atoms with E-state index in [1.807, 2.05) is 30.3 Å². The molecule has 6 rings (SSSR count). The molecule has 5 aromatic rings. The molecule has 1 aliphatic heterocycles. The third-order valence-electron chi connectivity index (χ3n) is 8.66. The van der Waals surface area contributed by atoms with Crippen LogP contribution in [0.25, 0.3) is 0 Å². The van der Waals surface area contributed by atoms with Crippen LogP contribution in [0.4, 0.5) is 5.69 Å². The quantitative estimate of drug-likeness (QED) is 0.0815. The van der Waals surface area contributed by atoms with Crippen LogP contribution in [0.15, 0.2) is 133 Å². The summed E-state index contributed by atoms with van der Waals surface area (Å²) in [5, 5.41) is 0. The molecule has 0 bridgehead atoms. The normalized spacial score (nSPS) is 14.3. The fraction of sp³-hybridized carbons (Fsp3) is 0.171. The molecule has 0 aromatic heterocycles. The number of rotatable bonds is 11. The number of anilines is 1. The molecule has 1 aliphatic rings. The van der Waals surface area contributed by atoms with Crippen molar-refractivity contribution in [2.24, 2.45) is 5.92 Å². The number of Topliss-reactive ketones (excluding diaryl/α,β-unsaturated/α-hetero) is 1. The molecule has 0 aliphatic carbocycles. The Bertz CT molecular complexity index is 1940. The molecule has 1 atom stereocenters. The number of ether oxygens (including phenoxy) is 3. The summed E-state index contributed by atoms with van der Waals surface area (Å²) < 4.78 is 16.7. The minimum absolute atomic E-state index is 0.0154. The van der Waals surface area contributed by atoms with E-state index in [-0.39, 0.29) is 30.0 Å². The van der Waals surface area contributed by atoms with Crippen molar-refractivity contribution in [3.63, 3.8) is 0 Å². The van der Waals surface area contributed by atoms with Crippen molar-refractivity contribution in [2.45, 2.75) is 25.7 Å². The topological polar surface area (TPSA) is 99.2 Å². The van der Waals surface area contributed by atoms with E-state index in [9.17, 15) is 19.2 Å². The lowest BCUT2D eigenvalue weighted by Gasteiger charge is -2.26. The predicted octanol–water partition coefficient (Wildman–Crippen LogP) is 7.80. The highest BCUT2D eigenvalue weighted by atomic mass is 16.5. The summed E-state index contributed by atoms with van der Waals surface area (Å²) in [4.78, 5) is 52.1. The lowest BCUT2D eigenvalue weighted by atomic mass is 9.78. The van der Waals surface area contributed by atoms with Gasteiger partial charge in [0.15, 0.2) is 12.4 Å². The standard InChI is InChI=1S/C41H35NO7/c1-41(2,31-11-7-4-8-12-31)32-15-21-34(22-16-32)48-35-23-17-33(18-24-35)42-26-30(25-38(42)44)39(45)47-27-37(43)28-13-19-36(20-14-28)49-40(46)29-9-5-3-6-10-29/h3-24,30H,25-27H2,1-2H3/t30-/m1/s1. The minimum Gasteiger partial charge on any atom is -0.457 e. The Morgan fingerprint density at radius 3 is 1.86 bits per heavy atom. The van der Waals surface area contributed by atoms with E-state index in [1.165, 1.54) is 40.3 Å². The van der Waals surface area contributed by atoms with Crippen molar-refractivity contribution < 1.29 is 33.4 Å². The Morgan fingerprint density at radius 1 is 0.673 bits per heavy atom. The van der Waals surface area contributed by atoms with Crippen molar-refractivity contribution in [2.75, 3.05) is 18.1 Å². The fourth-order valence-corrected chi connectivity index (χ4v) is 5.69. The summed E-state index contributed by atoms with van der Waals surface area (Å²) in [6.45, 7) is 4.06. The number of carbonyl (C=O) groups excluding carboxylic acids is 4. The molecule has 49 heavy (non-hydrogen) atoms. The Kier molecular flexibility index (Phi) is 9.67. The average Bonchev–Trinajstić information content (AvgIpc) is 3.53. The lowest BCUT2D eigenvalue weighted by molar-refractivity contribution is -0.147. The number of amides is 1. The first-order valence-electron chi connectivity index (χ1n) is 16.0. The first-order valence-corrected chi connectivity index (χ1v) is 16.0. The molecule has 0 N–H and O–H groups in total. The zero-order valence-corrected chi connectivity index (χ0v) is 27.2. The molecule has 5 aromatic carbocycles. The number of hydrogen-bond acceptors (Lipinski definition) is 7. The smallest absolute Gasteiger partial charge is 0.343 e. The molecule has 8 heteroatoms. The van der Waals surface area contributed by atoms with Gasteiger partial charge in [-0.15, -0.1) is 0 Å². The highest BCUT2D eigenvalue weighted by Gasteiger charge is 2.36. The van der Waals surface area contributed by atoms with Crippen molar-refractivity contribution in [1.29, 1.82) is 0 Å². The van der Waals surface area contributed by atoms with E-state index in [0.29, 0.717) is 28.3 Å². The van der Waals surface area contributed by atoms with Gasteiger partial charge in [-0.05, 0) is 83.9 Å². The maximum Gasteiger partial charge on any atom is 0.343 e. The molecular weight excluding hydrogens is 618 g/mol. The molecule has 0 unspecified atom stereocenters. The van der Waals surface area contributed by atoms with Crippen LogP contribution in [0.2, 0.25) is 0 Å². The van der Waals surface area contributed by atoms with Gasteiger partial charge in [0.1, 0.15) is 17.2 Å². The summed E-state index contributed by atoms with van der Waals surface area (Å²) in [6, 6.07) is 40.0.